The summed E-state index contributed by atoms with van der Waals surface area (Å²) in [7, 11) is 0. The number of alkyl halides is 3. The first-order chi connectivity index (χ1) is 7.47. The Hall–Kier alpha value is -0.840. The van der Waals surface area contributed by atoms with Crippen molar-refractivity contribution in [3.8, 4) is 5.75 Å². The molecule has 0 spiro atoms. The molecule has 0 aromatic heterocycles. The van der Waals surface area contributed by atoms with Gasteiger partial charge in [0.15, 0.2) is 0 Å². The molecule has 90 valence electrons. The fraction of sp³-hybridized carbons (Fsp3) is 0.455. The van der Waals surface area contributed by atoms with Crippen molar-refractivity contribution in [1.82, 2.24) is 0 Å². The largest absolute Gasteiger partial charge is 0.494 e. The van der Waals surface area contributed by atoms with Crippen molar-refractivity contribution in [3.05, 3.63) is 24.3 Å². The van der Waals surface area contributed by atoms with Crippen LogP contribution in [0.5, 0.6) is 5.75 Å². The zero-order chi connectivity index (χ0) is 12.0. The smallest absolute Gasteiger partial charge is 0.389 e. The second-order valence-corrected chi connectivity index (χ2v) is 3.93. The molecule has 0 saturated carbocycles. The molecule has 0 unspecified atom stereocenters. The Morgan fingerprint density at radius 3 is 2.25 bits per heavy atom. The van der Waals surface area contributed by atoms with Gasteiger partial charge in [0.05, 0.1) is 6.61 Å². The van der Waals surface area contributed by atoms with Gasteiger partial charge in [-0.3, -0.25) is 0 Å². The van der Waals surface area contributed by atoms with Crippen molar-refractivity contribution in [2.45, 2.75) is 30.3 Å². The molecule has 5 heteroatoms. The Labute approximate surface area is 98.0 Å². The molecule has 0 bridgehead atoms. The molecular weight excluding hydrogens is 237 g/mol. The van der Waals surface area contributed by atoms with Crippen LogP contribution in [-0.4, -0.2) is 12.8 Å². The van der Waals surface area contributed by atoms with E-state index < -0.39 is 12.6 Å². The lowest BCUT2D eigenvalue weighted by molar-refractivity contribution is -0.135. The highest BCUT2D eigenvalue weighted by Gasteiger charge is 2.25. The van der Waals surface area contributed by atoms with Gasteiger partial charge in [-0.2, -0.15) is 13.2 Å². The fourth-order valence-corrected chi connectivity index (χ4v) is 1.31. The van der Waals surface area contributed by atoms with Gasteiger partial charge in [-0.25, -0.2) is 0 Å². The third-order valence-corrected chi connectivity index (χ3v) is 2.26. The Morgan fingerprint density at radius 2 is 1.69 bits per heavy atom. The molecule has 0 amide bonds. The van der Waals surface area contributed by atoms with Crippen molar-refractivity contribution >= 4 is 12.6 Å². The monoisotopic (exact) mass is 250 g/mol. The van der Waals surface area contributed by atoms with E-state index in [9.17, 15) is 13.2 Å². The van der Waals surface area contributed by atoms with E-state index >= 15 is 0 Å². The summed E-state index contributed by atoms with van der Waals surface area (Å²) in [5.41, 5.74) is 0. The molecule has 0 radical (unpaired) electrons. The van der Waals surface area contributed by atoms with Crippen LogP contribution in [0.4, 0.5) is 13.2 Å². The summed E-state index contributed by atoms with van der Waals surface area (Å²) < 4.78 is 40.7. The van der Waals surface area contributed by atoms with Crippen LogP contribution in [0.15, 0.2) is 29.2 Å². The molecule has 0 aliphatic rings. The number of hydrogen-bond acceptors (Lipinski definition) is 2. The first kappa shape index (κ1) is 13.2. The van der Waals surface area contributed by atoms with Gasteiger partial charge in [0.2, 0.25) is 0 Å². The lowest BCUT2D eigenvalue weighted by atomic mass is 10.2. The third-order valence-electron chi connectivity index (χ3n) is 1.96. The Kier molecular flexibility index (Phi) is 4.99. The summed E-state index contributed by atoms with van der Waals surface area (Å²) in [5, 5.41) is 0. The molecule has 1 aromatic carbocycles. The average Bonchev–Trinajstić information content (AvgIpc) is 2.19. The second kappa shape index (κ2) is 6.03. The number of benzene rings is 1. The predicted molar refractivity (Wildman–Crippen MR) is 59.1 cm³/mol. The van der Waals surface area contributed by atoms with Crippen LogP contribution in [-0.2, 0) is 0 Å². The number of hydrogen-bond donors (Lipinski definition) is 1. The average molecular weight is 250 g/mol. The highest BCUT2D eigenvalue weighted by Crippen LogP contribution is 2.22. The maximum Gasteiger partial charge on any atom is 0.389 e. The quantitative estimate of drug-likeness (QED) is 0.611. The molecule has 16 heavy (non-hydrogen) atoms. The third kappa shape index (κ3) is 5.90. The predicted octanol–water partition coefficient (Wildman–Crippen LogP) is 4.09. The highest BCUT2D eigenvalue weighted by molar-refractivity contribution is 7.80. The van der Waals surface area contributed by atoms with Crippen LogP contribution in [0.3, 0.4) is 0 Å². The highest BCUT2D eigenvalue weighted by atomic mass is 32.1. The molecule has 0 aliphatic heterocycles. The summed E-state index contributed by atoms with van der Waals surface area (Å²) in [4.78, 5) is 0.824. The molecular formula is C11H13F3OS. The van der Waals surface area contributed by atoms with Gasteiger partial charge in [-0.15, -0.1) is 12.6 Å². The normalized spacial score (nSPS) is 11.5. The van der Waals surface area contributed by atoms with Gasteiger partial charge in [0, 0.05) is 11.3 Å². The van der Waals surface area contributed by atoms with Gasteiger partial charge in [-0.1, -0.05) is 0 Å². The van der Waals surface area contributed by atoms with E-state index in [-0.39, 0.29) is 6.42 Å². The van der Waals surface area contributed by atoms with Crippen LogP contribution < -0.4 is 4.74 Å². The van der Waals surface area contributed by atoms with Crippen LogP contribution in [0.2, 0.25) is 0 Å². The maximum atomic E-state index is 11.8. The van der Waals surface area contributed by atoms with E-state index in [1.54, 1.807) is 24.3 Å². The number of rotatable bonds is 5. The van der Waals surface area contributed by atoms with Crippen LogP contribution in [0.1, 0.15) is 19.3 Å². The molecule has 0 fully saturated rings. The summed E-state index contributed by atoms with van der Waals surface area (Å²) in [6.45, 7) is 0.308. The lowest BCUT2D eigenvalue weighted by Crippen LogP contribution is -2.07. The van der Waals surface area contributed by atoms with E-state index in [1.165, 1.54) is 0 Å². The van der Waals surface area contributed by atoms with Crippen molar-refractivity contribution in [2.75, 3.05) is 6.61 Å². The van der Waals surface area contributed by atoms with Crippen molar-refractivity contribution < 1.29 is 17.9 Å². The van der Waals surface area contributed by atoms with E-state index in [4.69, 9.17) is 4.74 Å². The first-order valence-electron chi connectivity index (χ1n) is 4.96. The topological polar surface area (TPSA) is 9.23 Å². The van der Waals surface area contributed by atoms with E-state index in [0.717, 1.165) is 4.90 Å². The minimum Gasteiger partial charge on any atom is -0.494 e. The van der Waals surface area contributed by atoms with Gasteiger partial charge in [0.25, 0.3) is 0 Å². The minimum absolute atomic E-state index is 0.105. The van der Waals surface area contributed by atoms with Gasteiger partial charge in [-0.05, 0) is 37.1 Å². The summed E-state index contributed by atoms with van der Waals surface area (Å²) in [6, 6.07) is 7.03. The Balaban J connectivity index is 2.14. The number of ether oxygens (including phenoxy) is 1. The molecule has 0 saturated heterocycles. The molecule has 0 heterocycles. The van der Waals surface area contributed by atoms with E-state index in [0.29, 0.717) is 18.8 Å². The van der Waals surface area contributed by atoms with Gasteiger partial charge >= 0.3 is 6.18 Å². The minimum atomic E-state index is -4.06. The second-order valence-electron chi connectivity index (χ2n) is 3.41. The molecule has 0 N–H and O–H groups in total. The SMILES string of the molecule is FC(F)(F)CCCCOc1ccc(S)cc1. The molecule has 1 rings (SSSR count). The zero-order valence-electron chi connectivity index (χ0n) is 8.63. The number of halogens is 3. The Bertz CT molecular complexity index is 308. The standard InChI is InChI=1S/C11H13F3OS/c12-11(13,14)7-1-2-8-15-9-3-5-10(16)6-4-9/h3-6,16H,1-2,7-8H2. The zero-order valence-corrected chi connectivity index (χ0v) is 9.52. The summed E-state index contributed by atoms with van der Waals surface area (Å²) >= 11 is 4.11. The molecule has 1 aromatic rings. The van der Waals surface area contributed by atoms with Crippen LogP contribution in [0.25, 0.3) is 0 Å². The van der Waals surface area contributed by atoms with Crippen LogP contribution >= 0.6 is 12.6 Å². The molecule has 0 aliphatic carbocycles. The van der Waals surface area contributed by atoms with Crippen LogP contribution in [0, 0.1) is 0 Å². The van der Waals surface area contributed by atoms with Crippen molar-refractivity contribution in [1.29, 1.82) is 0 Å². The van der Waals surface area contributed by atoms with Crippen molar-refractivity contribution in [2.24, 2.45) is 0 Å². The van der Waals surface area contributed by atoms with Crippen molar-refractivity contribution in [3.63, 3.8) is 0 Å². The number of unbranched alkanes of at least 4 members (excludes halogenated alkanes) is 1. The summed E-state index contributed by atoms with van der Waals surface area (Å²) in [6.07, 6.45) is -4.30. The first-order valence-corrected chi connectivity index (χ1v) is 5.41. The fourth-order valence-electron chi connectivity index (χ4n) is 1.16. The molecule has 0 atom stereocenters. The molecule has 1 nitrogen and oxygen atoms in total. The van der Waals surface area contributed by atoms with E-state index in [1.807, 2.05) is 0 Å². The number of thiol groups is 1. The maximum absolute atomic E-state index is 11.8. The summed E-state index contributed by atoms with van der Waals surface area (Å²) in [5.74, 6) is 0.657. The van der Waals surface area contributed by atoms with Gasteiger partial charge < -0.3 is 4.74 Å². The Morgan fingerprint density at radius 1 is 1.06 bits per heavy atom. The van der Waals surface area contributed by atoms with E-state index in [2.05, 4.69) is 12.6 Å². The van der Waals surface area contributed by atoms with Gasteiger partial charge in [0.1, 0.15) is 5.75 Å². The lowest BCUT2D eigenvalue weighted by Gasteiger charge is -2.07.